The van der Waals surface area contributed by atoms with Crippen LogP contribution in [0.5, 0.6) is 0 Å². The number of unbranched alkanes of at least 4 members (excludes halogenated alkanes) is 1. The third kappa shape index (κ3) is 3.55. The van der Waals surface area contributed by atoms with Crippen molar-refractivity contribution in [3.05, 3.63) is 24.3 Å². The highest BCUT2D eigenvalue weighted by Crippen LogP contribution is 2.33. The van der Waals surface area contributed by atoms with Crippen molar-refractivity contribution in [2.45, 2.75) is 33.1 Å². The first-order valence-corrected chi connectivity index (χ1v) is 6.00. The van der Waals surface area contributed by atoms with E-state index in [0.29, 0.717) is 18.5 Å². The Morgan fingerprint density at radius 3 is 2.71 bits per heavy atom. The minimum atomic E-state index is -0.177. The van der Waals surface area contributed by atoms with E-state index in [1.807, 2.05) is 26.0 Å². The molecule has 0 aromatic rings. The molecule has 17 heavy (non-hydrogen) atoms. The average Bonchev–Trinajstić information content (AvgIpc) is 2.51. The van der Waals surface area contributed by atoms with Crippen LogP contribution in [0.1, 0.15) is 33.1 Å². The Morgan fingerprint density at radius 2 is 2.24 bits per heavy atom. The van der Waals surface area contributed by atoms with Crippen molar-refractivity contribution in [2.75, 3.05) is 13.6 Å². The molecule has 0 aromatic carbocycles. The number of Topliss-reactive ketones (excluding diaryl/α,β-unsaturated/α-hetero) is 1. The molecule has 0 heterocycles. The van der Waals surface area contributed by atoms with Crippen LogP contribution in [0.4, 0.5) is 0 Å². The van der Waals surface area contributed by atoms with Gasteiger partial charge in [0.25, 0.3) is 5.91 Å². The Labute approximate surface area is 103 Å². The number of ketones is 1. The van der Waals surface area contributed by atoms with Crippen LogP contribution in [-0.2, 0) is 9.59 Å². The van der Waals surface area contributed by atoms with E-state index in [2.05, 4.69) is 6.58 Å². The molecule has 1 rings (SSSR count). The van der Waals surface area contributed by atoms with Gasteiger partial charge in [0.05, 0.1) is 5.57 Å². The van der Waals surface area contributed by atoms with Gasteiger partial charge in [0, 0.05) is 20.0 Å². The molecule has 0 bridgehead atoms. The zero-order valence-corrected chi connectivity index (χ0v) is 11.0. The lowest BCUT2D eigenvalue weighted by atomic mass is 9.93. The van der Waals surface area contributed by atoms with Gasteiger partial charge in [0.15, 0.2) is 5.78 Å². The number of amides is 1. The summed E-state index contributed by atoms with van der Waals surface area (Å²) in [6, 6.07) is 0. The monoisotopic (exact) mass is 235 g/mol. The van der Waals surface area contributed by atoms with Gasteiger partial charge in [-0.1, -0.05) is 26.0 Å². The van der Waals surface area contributed by atoms with Crippen LogP contribution in [-0.4, -0.2) is 30.2 Å². The molecule has 94 valence electrons. The summed E-state index contributed by atoms with van der Waals surface area (Å²) in [7, 11) is 1.74. The number of hydrogen-bond donors (Lipinski definition) is 0. The van der Waals surface area contributed by atoms with Crippen molar-refractivity contribution in [2.24, 2.45) is 5.41 Å². The molecule has 0 unspecified atom stereocenters. The zero-order chi connectivity index (χ0) is 13.1. The fourth-order valence-electron chi connectivity index (χ4n) is 1.99. The van der Waals surface area contributed by atoms with Gasteiger partial charge in [-0.05, 0) is 18.3 Å². The fourth-order valence-corrected chi connectivity index (χ4v) is 1.99. The third-order valence-electron chi connectivity index (χ3n) is 2.93. The first kappa shape index (κ1) is 13.7. The van der Waals surface area contributed by atoms with Crippen molar-refractivity contribution in [3.8, 4) is 0 Å². The second-order valence-corrected chi connectivity index (χ2v) is 5.30. The molecular formula is C14H21NO2. The van der Waals surface area contributed by atoms with Gasteiger partial charge >= 0.3 is 0 Å². The Balaban J connectivity index is 2.64. The molecule has 3 heteroatoms. The molecule has 0 spiro atoms. The predicted molar refractivity (Wildman–Crippen MR) is 68.6 cm³/mol. The van der Waals surface area contributed by atoms with E-state index in [1.165, 1.54) is 0 Å². The quantitative estimate of drug-likeness (QED) is 0.416. The van der Waals surface area contributed by atoms with E-state index in [9.17, 15) is 9.59 Å². The van der Waals surface area contributed by atoms with E-state index in [1.54, 1.807) is 11.9 Å². The number of likely N-dealkylation sites (N-methyl/N-ethyl adjacent to an activating group) is 1. The maximum Gasteiger partial charge on any atom is 0.256 e. The second-order valence-electron chi connectivity index (χ2n) is 5.30. The van der Waals surface area contributed by atoms with Gasteiger partial charge in [-0.25, -0.2) is 0 Å². The smallest absolute Gasteiger partial charge is 0.256 e. The summed E-state index contributed by atoms with van der Waals surface area (Å²) in [6.45, 7) is 8.25. The highest BCUT2D eigenvalue weighted by Gasteiger charge is 2.34. The number of carbonyl (C=O) groups is 2. The standard InChI is InChI=1S/C14H21NO2/c1-5-6-7-8-15(4)13(17)11-9-14(2,3)10-12(11)16/h5,9H,1,6-8,10H2,2-4H3. The molecule has 0 N–H and O–H groups in total. The van der Waals surface area contributed by atoms with Crippen LogP contribution in [0.25, 0.3) is 0 Å². The van der Waals surface area contributed by atoms with Gasteiger partial charge < -0.3 is 4.90 Å². The summed E-state index contributed by atoms with van der Waals surface area (Å²) in [5.74, 6) is -0.180. The number of allylic oxidation sites excluding steroid dienone is 2. The lowest BCUT2D eigenvalue weighted by molar-refractivity contribution is -0.128. The normalized spacial score (nSPS) is 17.8. The maximum atomic E-state index is 12.0. The first-order valence-electron chi connectivity index (χ1n) is 6.00. The van der Waals surface area contributed by atoms with Crippen LogP contribution < -0.4 is 0 Å². The third-order valence-corrected chi connectivity index (χ3v) is 2.93. The lowest BCUT2D eigenvalue weighted by Gasteiger charge is -2.16. The minimum Gasteiger partial charge on any atom is -0.342 e. The van der Waals surface area contributed by atoms with Crippen LogP contribution in [0.15, 0.2) is 24.3 Å². The highest BCUT2D eigenvalue weighted by atomic mass is 16.2. The molecule has 0 atom stereocenters. The molecule has 3 nitrogen and oxygen atoms in total. The molecule has 0 saturated heterocycles. The van der Waals surface area contributed by atoms with Gasteiger partial charge in [0.1, 0.15) is 0 Å². The maximum absolute atomic E-state index is 12.0. The molecule has 0 radical (unpaired) electrons. The Kier molecular flexibility index (Phi) is 4.27. The molecule has 0 aromatic heterocycles. The van der Waals surface area contributed by atoms with Crippen LogP contribution >= 0.6 is 0 Å². The SMILES string of the molecule is C=CCCCN(C)C(=O)C1=CC(C)(C)CC1=O. The molecular weight excluding hydrogens is 214 g/mol. The number of rotatable bonds is 5. The molecule has 0 saturated carbocycles. The van der Waals surface area contributed by atoms with E-state index < -0.39 is 0 Å². The Bertz CT molecular complexity index is 366. The lowest BCUT2D eigenvalue weighted by Crippen LogP contribution is -2.30. The number of nitrogens with zero attached hydrogens (tertiary/aromatic N) is 1. The van der Waals surface area contributed by atoms with Crippen LogP contribution in [0.3, 0.4) is 0 Å². The molecule has 0 fully saturated rings. The van der Waals surface area contributed by atoms with Gasteiger partial charge in [-0.2, -0.15) is 0 Å². The second kappa shape index (κ2) is 5.30. The Morgan fingerprint density at radius 1 is 1.59 bits per heavy atom. The summed E-state index contributed by atoms with van der Waals surface area (Å²) in [5, 5.41) is 0. The Hall–Kier alpha value is -1.38. The van der Waals surface area contributed by atoms with Crippen molar-refractivity contribution in [1.29, 1.82) is 0 Å². The highest BCUT2D eigenvalue weighted by molar-refractivity contribution is 6.20. The minimum absolute atomic E-state index is 0.0319. The summed E-state index contributed by atoms with van der Waals surface area (Å²) in [6.07, 6.45) is 5.85. The molecule has 1 amide bonds. The van der Waals surface area contributed by atoms with Crippen molar-refractivity contribution >= 4 is 11.7 Å². The van der Waals surface area contributed by atoms with E-state index in [4.69, 9.17) is 0 Å². The summed E-state index contributed by atoms with van der Waals surface area (Å²) in [4.78, 5) is 25.4. The van der Waals surface area contributed by atoms with Gasteiger partial charge in [-0.15, -0.1) is 6.58 Å². The van der Waals surface area contributed by atoms with E-state index >= 15 is 0 Å². The van der Waals surface area contributed by atoms with Gasteiger partial charge in [-0.3, -0.25) is 9.59 Å². The zero-order valence-electron chi connectivity index (χ0n) is 11.0. The van der Waals surface area contributed by atoms with Crippen LogP contribution in [0.2, 0.25) is 0 Å². The summed E-state index contributed by atoms with van der Waals surface area (Å²) in [5.41, 5.74) is 0.181. The fraction of sp³-hybridized carbons (Fsp3) is 0.571. The van der Waals surface area contributed by atoms with Crippen LogP contribution in [0, 0.1) is 5.41 Å². The summed E-state index contributed by atoms with van der Waals surface area (Å²) >= 11 is 0. The topological polar surface area (TPSA) is 37.4 Å². The van der Waals surface area contributed by atoms with Crippen molar-refractivity contribution < 1.29 is 9.59 Å². The van der Waals surface area contributed by atoms with Gasteiger partial charge in [0.2, 0.25) is 0 Å². The van der Waals surface area contributed by atoms with Crippen molar-refractivity contribution in [3.63, 3.8) is 0 Å². The summed E-state index contributed by atoms with van der Waals surface area (Å²) < 4.78 is 0. The van der Waals surface area contributed by atoms with E-state index in [0.717, 1.165) is 12.8 Å². The van der Waals surface area contributed by atoms with Crippen molar-refractivity contribution in [1.82, 2.24) is 4.90 Å². The molecule has 1 aliphatic rings. The predicted octanol–water partition coefficient (Wildman–Crippen LogP) is 2.34. The molecule has 0 aliphatic heterocycles. The number of hydrogen-bond acceptors (Lipinski definition) is 2. The largest absolute Gasteiger partial charge is 0.342 e. The first-order chi connectivity index (χ1) is 7.87. The average molecular weight is 235 g/mol. The van der Waals surface area contributed by atoms with E-state index in [-0.39, 0.29) is 17.1 Å². The molecule has 1 aliphatic carbocycles. The number of carbonyl (C=O) groups excluding carboxylic acids is 2.